The number of hydrogen-bond donors (Lipinski definition) is 2. The number of benzene rings is 2. The quantitative estimate of drug-likeness (QED) is 0.388. The van der Waals surface area contributed by atoms with Crippen LogP contribution < -0.4 is 10.2 Å². The van der Waals surface area contributed by atoms with Crippen LogP contribution in [0.3, 0.4) is 0 Å². The highest BCUT2D eigenvalue weighted by molar-refractivity contribution is 7.25. The van der Waals surface area contributed by atoms with Crippen molar-refractivity contribution in [2.24, 2.45) is 0 Å². The van der Waals surface area contributed by atoms with Crippen LogP contribution in [0.2, 0.25) is 5.02 Å². The number of hydrogen-bond acceptors (Lipinski definition) is 8. The molecule has 0 saturated heterocycles. The molecule has 1 aromatic heterocycles. The van der Waals surface area contributed by atoms with Gasteiger partial charge >= 0.3 is 5.97 Å². The monoisotopic (exact) mass is 465 g/mol. The molecule has 2 N–H and O–H groups in total. The Labute approximate surface area is 188 Å². The third-order valence-corrected chi connectivity index (χ3v) is 6.14. The van der Waals surface area contributed by atoms with Crippen molar-refractivity contribution in [3.8, 4) is 11.5 Å². The summed E-state index contributed by atoms with van der Waals surface area (Å²) in [5.41, 5.74) is -2.12. The minimum Gasteiger partial charge on any atom is -0.504 e. The standard InChI is InChI=1S/C22H24ClNO6S/c1-4-9-29-21(28)22(12-25,11-24(2)3)30-19-15(26)10-14(23)17-18(27)13-7-5-6-8-16(13)31-20(17)19/h5-8,10,25-26H,4,9,11-12H2,1-3H3. The number of carbonyl (C=O) groups excluding carboxylic acids is 1. The van der Waals surface area contributed by atoms with Gasteiger partial charge in [0.2, 0.25) is 5.60 Å². The van der Waals surface area contributed by atoms with E-state index >= 15 is 0 Å². The number of aromatic hydroxyl groups is 1. The lowest BCUT2D eigenvalue weighted by Gasteiger charge is -2.33. The second kappa shape index (κ2) is 9.40. The molecule has 166 valence electrons. The SMILES string of the molecule is CCCOC(=O)C(CO)(CN(C)C)Oc1c(O)cc(Cl)c2c(=O)c3ccccc3sc12. The van der Waals surface area contributed by atoms with Crippen LogP contribution in [0.4, 0.5) is 0 Å². The van der Waals surface area contributed by atoms with Crippen molar-refractivity contribution in [1.29, 1.82) is 0 Å². The summed E-state index contributed by atoms with van der Waals surface area (Å²) < 4.78 is 12.2. The summed E-state index contributed by atoms with van der Waals surface area (Å²) in [5.74, 6) is -1.21. The van der Waals surface area contributed by atoms with Crippen molar-refractivity contribution >= 4 is 49.1 Å². The largest absolute Gasteiger partial charge is 0.504 e. The van der Waals surface area contributed by atoms with Gasteiger partial charge in [-0.1, -0.05) is 30.7 Å². The van der Waals surface area contributed by atoms with Gasteiger partial charge in [0.05, 0.1) is 34.9 Å². The van der Waals surface area contributed by atoms with Crippen LogP contribution in [0.15, 0.2) is 35.1 Å². The number of ether oxygens (including phenoxy) is 2. The van der Waals surface area contributed by atoms with Crippen LogP contribution >= 0.6 is 22.9 Å². The van der Waals surface area contributed by atoms with Gasteiger partial charge in [0, 0.05) is 16.2 Å². The van der Waals surface area contributed by atoms with E-state index in [2.05, 4.69) is 0 Å². The molecule has 1 atom stereocenters. The predicted molar refractivity (Wildman–Crippen MR) is 123 cm³/mol. The van der Waals surface area contributed by atoms with Gasteiger partial charge in [0.1, 0.15) is 0 Å². The first-order chi connectivity index (χ1) is 14.7. The first kappa shape index (κ1) is 23.3. The molecule has 0 amide bonds. The molecule has 1 heterocycles. The maximum absolute atomic E-state index is 13.1. The lowest BCUT2D eigenvalue weighted by molar-refractivity contribution is -0.167. The second-order valence-corrected chi connectivity index (χ2v) is 8.93. The van der Waals surface area contributed by atoms with E-state index in [1.165, 1.54) is 17.4 Å². The number of fused-ring (bicyclic) bond motifs is 2. The van der Waals surface area contributed by atoms with E-state index in [1.54, 1.807) is 43.3 Å². The number of esters is 1. The van der Waals surface area contributed by atoms with Gasteiger partial charge in [0.25, 0.3) is 0 Å². The second-order valence-electron chi connectivity index (χ2n) is 7.47. The zero-order valence-corrected chi connectivity index (χ0v) is 19.0. The van der Waals surface area contributed by atoms with Crippen molar-refractivity contribution in [1.82, 2.24) is 4.90 Å². The molecular weight excluding hydrogens is 442 g/mol. The number of halogens is 1. The highest BCUT2D eigenvalue weighted by Crippen LogP contribution is 2.43. The lowest BCUT2D eigenvalue weighted by Crippen LogP contribution is -2.55. The third kappa shape index (κ3) is 4.48. The van der Waals surface area contributed by atoms with Gasteiger partial charge in [-0.05, 0) is 32.6 Å². The zero-order valence-electron chi connectivity index (χ0n) is 17.5. The maximum Gasteiger partial charge on any atom is 0.354 e. The van der Waals surface area contributed by atoms with E-state index in [0.29, 0.717) is 16.5 Å². The molecule has 0 bridgehead atoms. The molecule has 0 aliphatic rings. The average Bonchev–Trinajstić information content (AvgIpc) is 2.73. The van der Waals surface area contributed by atoms with Gasteiger partial charge < -0.3 is 24.6 Å². The van der Waals surface area contributed by atoms with Crippen molar-refractivity contribution < 1.29 is 24.5 Å². The molecule has 31 heavy (non-hydrogen) atoms. The highest BCUT2D eigenvalue weighted by Gasteiger charge is 2.44. The number of nitrogens with zero attached hydrogens (tertiary/aromatic N) is 1. The molecule has 7 nitrogen and oxygen atoms in total. The summed E-state index contributed by atoms with van der Waals surface area (Å²) in [6, 6.07) is 8.23. The number of rotatable bonds is 8. The van der Waals surface area contributed by atoms with E-state index in [4.69, 9.17) is 21.1 Å². The number of phenols is 1. The summed E-state index contributed by atoms with van der Waals surface area (Å²) in [4.78, 5) is 27.6. The third-order valence-electron chi connectivity index (χ3n) is 4.67. The average molecular weight is 466 g/mol. The number of carbonyl (C=O) groups is 1. The molecule has 0 saturated carbocycles. The van der Waals surface area contributed by atoms with E-state index in [9.17, 15) is 19.8 Å². The Bertz CT molecular complexity index is 1180. The Hall–Kier alpha value is -2.39. The number of phenolic OH excluding ortho intramolecular Hbond substituents is 1. The smallest absolute Gasteiger partial charge is 0.354 e. The first-order valence-corrected chi connectivity index (χ1v) is 10.9. The predicted octanol–water partition coefficient (Wildman–Crippen LogP) is 3.40. The molecule has 3 aromatic rings. The first-order valence-electron chi connectivity index (χ1n) is 9.73. The van der Waals surface area contributed by atoms with Crippen molar-refractivity contribution in [3.05, 3.63) is 45.6 Å². The van der Waals surface area contributed by atoms with Gasteiger partial charge in [-0.2, -0.15) is 0 Å². The normalized spacial score (nSPS) is 13.5. The lowest BCUT2D eigenvalue weighted by atomic mass is 10.0. The fourth-order valence-corrected chi connectivity index (χ4v) is 4.83. The van der Waals surface area contributed by atoms with Gasteiger partial charge in [-0.3, -0.25) is 4.79 Å². The number of aliphatic hydroxyl groups is 1. The van der Waals surface area contributed by atoms with E-state index in [1.807, 2.05) is 6.92 Å². The van der Waals surface area contributed by atoms with Crippen LogP contribution in [0, 0.1) is 0 Å². The molecule has 0 fully saturated rings. The minimum atomic E-state index is -1.81. The molecule has 0 aliphatic heterocycles. The van der Waals surface area contributed by atoms with Crippen LogP contribution in [0.5, 0.6) is 11.5 Å². The van der Waals surface area contributed by atoms with E-state index < -0.39 is 18.2 Å². The molecule has 0 spiro atoms. The van der Waals surface area contributed by atoms with Crippen LogP contribution in [-0.2, 0) is 9.53 Å². The maximum atomic E-state index is 13.1. The Balaban J connectivity index is 2.26. The minimum absolute atomic E-state index is 0.0158. The van der Waals surface area contributed by atoms with Crippen LogP contribution in [0.25, 0.3) is 20.2 Å². The number of aliphatic hydroxyl groups excluding tert-OH is 1. The summed E-state index contributed by atoms with van der Waals surface area (Å²) in [6.45, 7) is 1.29. The van der Waals surface area contributed by atoms with Crippen molar-refractivity contribution in [2.75, 3.05) is 33.9 Å². The molecule has 0 aliphatic carbocycles. The Kier molecular flexibility index (Phi) is 7.06. The van der Waals surface area contributed by atoms with E-state index in [-0.39, 0.29) is 45.2 Å². The van der Waals surface area contributed by atoms with Gasteiger partial charge in [-0.25, -0.2) is 4.79 Å². The summed E-state index contributed by atoms with van der Waals surface area (Å²) in [5, 5.41) is 21.6. The van der Waals surface area contributed by atoms with Gasteiger partial charge in [-0.15, -0.1) is 11.3 Å². The fourth-order valence-electron chi connectivity index (χ4n) is 3.31. The summed E-state index contributed by atoms with van der Waals surface area (Å²) in [7, 11) is 3.43. The topological polar surface area (TPSA) is 96.3 Å². The summed E-state index contributed by atoms with van der Waals surface area (Å²) >= 11 is 7.51. The Morgan fingerprint density at radius 3 is 2.65 bits per heavy atom. The molecule has 3 rings (SSSR count). The summed E-state index contributed by atoms with van der Waals surface area (Å²) in [6.07, 6.45) is 0.595. The van der Waals surface area contributed by atoms with Crippen LogP contribution in [-0.4, -0.2) is 60.5 Å². The van der Waals surface area contributed by atoms with E-state index in [0.717, 1.165) is 0 Å². The molecule has 1 unspecified atom stereocenters. The fraction of sp³-hybridized carbons (Fsp3) is 0.364. The van der Waals surface area contributed by atoms with Crippen molar-refractivity contribution in [2.45, 2.75) is 18.9 Å². The molecule has 2 aromatic carbocycles. The Morgan fingerprint density at radius 2 is 2.00 bits per heavy atom. The number of likely N-dealkylation sites (N-methyl/N-ethyl adjacent to an activating group) is 1. The van der Waals surface area contributed by atoms with Crippen molar-refractivity contribution in [3.63, 3.8) is 0 Å². The molecular formula is C22H24ClNO6S. The highest BCUT2D eigenvalue weighted by atomic mass is 35.5. The zero-order chi connectivity index (χ0) is 22.8. The van der Waals surface area contributed by atoms with Crippen LogP contribution in [0.1, 0.15) is 13.3 Å². The van der Waals surface area contributed by atoms with Gasteiger partial charge in [0.15, 0.2) is 16.9 Å². The molecule has 0 radical (unpaired) electrons. The Morgan fingerprint density at radius 1 is 1.29 bits per heavy atom. The molecule has 9 heteroatoms.